The van der Waals surface area contributed by atoms with Gasteiger partial charge in [0.05, 0.1) is 5.02 Å². The quantitative estimate of drug-likeness (QED) is 0.918. The average Bonchev–Trinajstić information content (AvgIpc) is 2.17. The SMILES string of the molecule is Cl.NCC=C(F)COc1ccc(Cl)cc1Cl. The van der Waals surface area contributed by atoms with Crippen LogP contribution in [0.3, 0.4) is 0 Å². The largest absolute Gasteiger partial charge is 0.485 e. The average molecular weight is 287 g/mol. The minimum Gasteiger partial charge on any atom is -0.485 e. The molecule has 6 heteroatoms. The summed E-state index contributed by atoms with van der Waals surface area (Å²) in [7, 11) is 0. The molecule has 0 aromatic heterocycles. The molecule has 0 heterocycles. The molecule has 0 radical (unpaired) electrons. The molecule has 0 aliphatic rings. The van der Waals surface area contributed by atoms with Gasteiger partial charge in [0.25, 0.3) is 0 Å². The predicted octanol–water partition coefficient (Wildman–Crippen LogP) is 3.61. The molecule has 0 fully saturated rings. The first-order valence-corrected chi connectivity index (χ1v) is 5.01. The summed E-state index contributed by atoms with van der Waals surface area (Å²) < 4.78 is 18.0. The lowest BCUT2D eigenvalue weighted by molar-refractivity contribution is 0.318. The van der Waals surface area contributed by atoms with Crippen molar-refractivity contribution in [2.75, 3.05) is 13.2 Å². The first-order valence-electron chi connectivity index (χ1n) is 4.26. The lowest BCUT2D eigenvalue weighted by Gasteiger charge is -2.06. The molecule has 0 spiro atoms. The Labute approximate surface area is 110 Å². The summed E-state index contributed by atoms with van der Waals surface area (Å²) in [6.45, 7) is -0.0396. The van der Waals surface area contributed by atoms with Crippen molar-refractivity contribution < 1.29 is 9.13 Å². The molecule has 0 saturated carbocycles. The van der Waals surface area contributed by atoms with Crippen LogP contribution in [0.25, 0.3) is 0 Å². The van der Waals surface area contributed by atoms with E-state index in [0.717, 1.165) is 0 Å². The van der Waals surface area contributed by atoms with Gasteiger partial charge in [0.15, 0.2) is 0 Å². The summed E-state index contributed by atoms with van der Waals surface area (Å²) in [6, 6.07) is 4.73. The van der Waals surface area contributed by atoms with Crippen LogP contribution in [0, 0.1) is 0 Å². The molecule has 0 saturated heterocycles. The Hall–Kier alpha value is -0.480. The Balaban J connectivity index is 0.00000225. The molecule has 1 aromatic rings. The zero-order valence-corrected chi connectivity index (χ0v) is 10.6. The summed E-state index contributed by atoms with van der Waals surface area (Å²) in [5.41, 5.74) is 5.13. The van der Waals surface area contributed by atoms with E-state index in [2.05, 4.69) is 0 Å². The van der Waals surface area contributed by atoms with Crippen molar-refractivity contribution in [1.29, 1.82) is 0 Å². The van der Waals surface area contributed by atoms with Crippen LogP contribution in [0.5, 0.6) is 5.75 Å². The van der Waals surface area contributed by atoms with Gasteiger partial charge in [0.1, 0.15) is 18.2 Å². The van der Waals surface area contributed by atoms with E-state index in [9.17, 15) is 4.39 Å². The summed E-state index contributed by atoms with van der Waals surface area (Å²) in [6.07, 6.45) is 1.24. The molecular weight excluding hydrogens is 275 g/mol. The molecule has 16 heavy (non-hydrogen) atoms. The van der Waals surface area contributed by atoms with E-state index in [1.54, 1.807) is 12.1 Å². The number of hydrogen-bond acceptors (Lipinski definition) is 2. The van der Waals surface area contributed by atoms with Gasteiger partial charge in [-0.1, -0.05) is 23.2 Å². The molecule has 0 aliphatic carbocycles. The highest BCUT2D eigenvalue weighted by Crippen LogP contribution is 2.27. The number of halogens is 4. The van der Waals surface area contributed by atoms with E-state index in [1.165, 1.54) is 12.1 Å². The summed E-state index contributed by atoms with van der Waals surface area (Å²) >= 11 is 11.5. The zero-order valence-electron chi connectivity index (χ0n) is 8.25. The van der Waals surface area contributed by atoms with E-state index in [-0.39, 0.29) is 25.6 Å². The second-order valence-electron chi connectivity index (χ2n) is 2.75. The number of hydrogen-bond donors (Lipinski definition) is 1. The van der Waals surface area contributed by atoms with Crippen LogP contribution in [-0.4, -0.2) is 13.2 Å². The van der Waals surface area contributed by atoms with E-state index >= 15 is 0 Å². The van der Waals surface area contributed by atoms with Crippen molar-refractivity contribution in [3.8, 4) is 5.75 Å². The Morgan fingerprint density at radius 2 is 2.12 bits per heavy atom. The number of rotatable bonds is 4. The van der Waals surface area contributed by atoms with Crippen molar-refractivity contribution in [1.82, 2.24) is 0 Å². The Morgan fingerprint density at radius 3 is 2.69 bits per heavy atom. The predicted molar refractivity (Wildman–Crippen MR) is 67.5 cm³/mol. The highest BCUT2D eigenvalue weighted by molar-refractivity contribution is 6.35. The first kappa shape index (κ1) is 15.5. The van der Waals surface area contributed by atoms with Gasteiger partial charge in [0, 0.05) is 11.6 Å². The second kappa shape index (κ2) is 7.74. The molecule has 0 bridgehead atoms. The molecular formula is C10H11Cl3FNO. The summed E-state index contributed by atoms with van der Waals surface area (Å²) in [5, 5.41) is 0.855. The molecule has 2 N–H and O–H groups in total. The minimum absolute atomic E-state index is 0. The molecule has 1 aromatic carbocycles. The van der Waals surface area contributed by atoms with Crippen LogP contribution in [0.4, 0.5) is 4.39 Å². The molecule has 90 valence electrons. The molecule has 0 atom stereocenters. The van der Waals surface area contributed by atoms with Crippen molar-refractivity contribution in [3.63, 3.8) is 0 Å². The molecule has 0 aliphatic heterocycles. The second-order valence-corrected chi connectivity index (χ2v) is 3.59. The number of ether oxygens (including phenoxy) is 1. The van der Waals surface area contributed by atoms with Crippen molar-refractivity contribution in [2.45, 2.75) is 0 Å². The van der Waals surface area contributed by atoms with Crippen molar-refractivity contribution in [2.24, 2.45) is 5.73 Å². The van der Waals surface area contributed by atoms with Gasteiger partial charge in [-0.3, -0.25) is 0 Å². The minimum atomic E-state index is -0.427. The van der Waals surface area contributed by atoms with E-state index < -0.39 is 5.83 Å². The van der Waals surface area contributed by atoms with Gasteiger partial charge in [-0.25, -0.2) is 4.39 Å². The van der Waals surface area contributed by atoms with Gasteiger partial charge < -0.3 is 10.5 Å². The third-order valence-corrected chi connectivity index (χ3v) is 2.13. The monoisotopic (exact) mass is 285 g/mol. The van der Waals surface area contributed by atoms with Crippen LogP contribution in [-0.2, 0) is 0 Å². The smallest absolute Gasteiger partial charge is 0.139 e. The topological polar surface area (TPSA) is 35.2 Å². The number of benzene rings is 1. The standard InChI is InChI=1S/C10H10Cl2FNO.ClH/c11-7-1-2-10(9(12)5-7)15-6-8(13)3-4-14;/h1-3,5H,4,6,14H2;1H. The van der Waals surface area contributed by atoms with Crippen LogP contribution < -0.4 is 10.5 Å². The fourth-order valence-electron chi connectivity index (χ4n) is 0.926. The van der Waals surface area contributed by atoms with Crippen LogP contribution in [0.2, 0.25) is 10.0 Å². The van der Waals surface area contributed by atoms with Gasteiger partial charge >= 0.3 is 0 Å². The van der Waals surface area contributed by atoms with Gasteiger partial charge in [-0.15, -0.1) is 12.4 Å². The molecule has 0 unspecified atom stereocenters. The Kier molecular flexibility index (Phi) is 7.51. The van der Waals surface area contributed by atoms with Crippen molar-refractivity contribution in [3.05, 3.63) is 40.1 Å². The van der Waals surface area contributed by atoms with Crippen molar-refractivity contribution >= 4 is 35.6 Å². The van der Waals surface area contributed by atoms with Gasteiger partial charge in [-0.05, 0) is 24.3 Å². The van der Waals surface area contributed by atoms with Crippen LogP contribution in [0.1, 0.15) is 0 Å². The summed E-state index contributed by atoms with van der Waals surface area (Å²) in [5.74, 6) is -0.0369. The number of nitrogens with two attached hydrogens (primary N) is 1. The summed E-state index contributed by atoms with van der Waals surface area (Å²) in [4.78, 5) is 0. The highest BCUT2D eigenvalue weighted by atomic mass is 35.5. The van der Waals surface area contributed by atoms with Gasteiger partial charge in [-0.2, -0.15) is 0 Å². The highest BCUT2D eigenvalue weighted by Gasteiger charge is 2.03. The fraction of sp³-hybridized carbons (Fsp3) is 0.200. The lowest BCUT2D eigenvalue weighted by Crippen LogP contribution is -2.01. The maximum absolute atomic E-state index is 12.9. The zero-order chi connectivity index (χ0) is 11.3. The van der Waals surface area contributed by atoms with Crippen LogP contribution in [0.15, 0.2) is 30.1 Å². The third kappa shape index (κ3) is 5.03. The van der Waals surface area contributed by atoms with Crippen LogP contribution >= 0.6 is 35.6 Å². The van der Waals surface area contributed by atoms with E-state index in [4.69, 9.17) is 33.7 Å². The fourth-order valence-corrected chi connectivity index (χ4v) is 1.39. The maximum atomic E-state index is 12.9. The van der Waals surface area contributed by atoms with E-state index in [0.29, 0.717) is 15.8 Å². The van der Waals surface area contributed by atoms with E-state index in [1.807, 2.05) is 0 Å². The third-order valence-electron chi connectivity index (χ3n) is 1.60. The Morgan fingerprint density at radius 1 is 1.44 bits per heavy atom. The molecule has 0 amide bonds. The van der Waals surface area contributed by atoms with Gasteiger partial charge in [0.2, 0.25) is 0 Å². The maximum Gasteiger partial charge on any atom is 0.139 e. The Bertz CT molecular complexity index is 371. The lowest BCUT2D eigenvalue weighted by atomic mass is 10.3. The molecule has 2 nitrogen and oxygen atoms in total. The molecule has 1 rings (SSSR count). The first-order chi connectivity index (χ1) is 7.13. The normalized spacial score (nSPS) is 10.9.